The number of halogens is 1. The third-order valence-corrected chi connectivity index (χ3v) is 4.44. The quantitative estimate of drug-likeness (QED) is 0.924. The first-order valence-electron chi connectivity index (χ1n) is 7.24. The van der Waals surface area contributed by atoms with Crippen molar-refractivity contribution in [3.8, 4) is 0 Å². The van der Waals surface area contributed by atoms with E-state index in [1.54, 1.807) is 23.1 Å². The molecule has 1 aliphatic heterocycles. The summed E-state index contributed by atoms with van der Waals surface area (Å²) in [6.45, 7) is 2.80. The lowest BCUT2D eigenvalue weighted by atomic mass is 9.97. The van der Waals surface area contributed by atoms with Gasteiger partial charge in [0.1, 0.15) is 5.58 Å². The van der Waals surface area contributed by atoms with Gasteiger partial charge < -0.3 is 15.1 Å². The van der Waals surface area contributed by atoms with Crippen molar-refractivity contribution in [1.82, 2.24) is 4.90 Å². The summed E-state index contributed by atoms with van der Waals surface area (Å²) in [5.41, 5.74) is 6.76. The second kappa shape index (κ2) is 5.65. The highest BCUT2D eigenvalue weighted by Crippen LogP contribution is 2.29. The average molecular weight is 321 g/mol. The zero-order valence-corrected chi connectivity index (χ0v) is 13.0. The molecule has 3 rings (SSSR count). The first-order valence-corrected chi connectivity index (χ1v) is 7.62. The van der Waals surface area contributed by atoms with Crippen molar-refractivity contribution in [3.05, 3.63) is 34.5 Å². The Labute approximate surface area is 133 Å². The molecule has 2 N–H and O–H groups in total. The summed E-state index contributed by atoms with van der Waals surface area (Å²) in [7, 11) is 0. The van der Waals surface area contributed by atoms with Gasteiger partial charge in [-0.3, -0.25) is 9.59 Å². The van der Waals surface area contributed by atoms with E-state index in [4.69, 9.17) is 21.8 Å². The fourth-order valence-corrected chi connectivity index (χ4v) is 3.11. The molecule has 0 saturated carbocycles. The maximum absolute atomic E-state index is 12.7. The molecule has 1 unspecified atom stereocenters. The molecule has 2 heterocycles. The lowest BCUT2D eigenvalue weighted by Gasteiger charge is -2.30. The molecule has 0 spiro atoms. The van der Waals surface area contributed by atoms with Gasteiger partial charge >= 0.3 is 0 Å². The Kier molecular flexibility index (Phi) is 3.83. The number of nitrogens with two attached hydrogens (primary N) is 1. The molecule has 1 atom stereocenters. The SMILES string of the molecule is Cc1c(C(=O)N2CCCC(C(N)=O)C2)oc2ccc(Cl)cc12. The molecule has 1 aliphatic rings. The Morgan fingerprint density at radius 1 is 1.41 bits per heavy atom. The van der Waals surface area contributed by atoms with E-state index in [-0.39, 0.29) is 17.7 Å². The van der Waals surface area contributed by atoms with Crippen LogP contribution in [0.3, 0.4) is 0 Å². The summed E-state index contributed by atoms with van der Waals surface area (Å²) in [5, 5.41) is 1.43. The van der Waals surface area contributed by atoms with Crippen molar-refractivity contribution in [2.75, 3.05) is 13.1 Å². The van der Waals surface area contributed by atoms with E-state index >= 15 is 0 Å². The second-order valence-electron chi connectivity index (χ2n) is 5.69. The molecule has 22 heavy (non-hydrogen) atoms. The first-order chi connectivity index (χ1) is 10.5. The molecule has 116 valence electrons. The number of primary amides is 1. The van der Waals surface area contributed by atoms with E-state index < -0.39 is 0 Å². The number of benzene rings is 1. The van der Waals surface area contributed by atoms with E-state index in [0.29, 0.717) is 29.5 Å². The van der Waals surface area contributed by atoms with Crippen molar-refractivity contribution < 1.29 is 14.0 Å². The van der Waals surface area contributed by atoms with E-state index in [9.17, 15) is 9.59 Å². The molecule has 2 amide bonds. The van der Waals surface area contributed by atoms with E-state index in [2.05, 4.69) is 0 Å². The number of hydrogen-bond donors (Lipinski definition) is 1. The highest BCUT2D eigenvalue weighted by Gasteiger charge is 2.30. The number of carbonyl (C=O) groups excluding carboxylic acids is 2. The third kappa shape index (κ3) is 2.57. The van der Waals surface area contributed by atoms with Crippen molar-refractivity contribution >= 4 is 34.4 Å². The molecule has 0 radical (unpaired) electrons. The fourth-order valence-electron chi connectivity index (χ4n) is 2.93. The molecule has 1 fully saturated rings. The van der Waals surface area contributed by atoms with Gasteiger partial charge in [-0.1, -0.05) is 11.6 Å². The number of amides is 2. The maximum atomic E-state index is 12.7. The first kappa shape index (κ1) is 14.9. The standard InChI is InChI=1S/C16H17ClN2O3/c1-9-12-7-11(17)4-5-13(12)22-14(9)16(21)19-6-2-3-10(8-19)15(18)20/h4-5,7,10H,2-3,6,8H2,1H3,(H2,18,20). The van der Waals surface area contributed by atoms with Gasteiger partial charge in [0, 0.05) is 29.1 Å². The zero-order valence-electron chi connectivity index (χ0n) is 12.3. The monoisotopic (exact) mass is 320 g/mol. The number of rotatable bonds is 2. The van der Waals surface area contributed by atoms with Gasteiger partial charge in [0.25, 0.3) is 5.91 Å². The summed E-state index contributed by atoms with van der Waals surface area (Å²) in [5.74, 6) is -0.527. The Morgan fingerprint density at radius 3 is 2.91 bits per heavy atom. The van der Waals surface area contributed by atoms with Crippen LogP contribution >= 0.6 is 11.6 Å². The number of nitrogens with zero attached hydrogens (tertiary/aromatic N) is 1. The Morgan fingerprint density at radius 2 is 2.18 bits per heavy atom. The molecular weight excluding hydrogens is 304 g/mol. The Hall–Kier alpha value is -2.01. The highest BCUT2D eigenvalue weighted by molar-refractivity contribution is 6.31. The lowest BCUT2D eigenvalue weighted by molar-refractivity contribution is -0.123. The van der Waals surface area contributed by atoms with Crippen LogP contribution in [0.4, 0.5) is 0 Å². The van der Waals surface area contributed by atoms with Crippen LogP contribution in [0.5, 0.6) is 0 Å². The van der Waals surface area contributed by atoms with Gasteiger partial charge in [0.2, 0.25) is 5.91 Å². The normalized spacial score (nSPS) is 18.6. The molecular formula is C16H17ClN2O3. The molecule has 0 aliphatic carbocycles. The minimum Gasteiger partial charge on any atom is -0.451 e. The molecule has 0 bridgehead atoms. The van der Waals surface area contributed by atoms with Crippen LogP contribution in [-0.2, 0) is 4.79 Å². The summed E-state index contributed by atoms with van der Waals surface area (Å²) < 4.78 is 5.70. The van der Waals surface area contributed by atoms with Crippen LogP contribution in [0.25, 0.3) is 11.0 Å². The summed E-state index contributed by atoms with van der Waals surface area (Å²) in [6.07, 6.45) is 1.50. The van der Waals surface area contributed by atoms with Crippen LogP contribution in [0.2, 0.25) is 5.02 Å². The van der Waals surface area contributed by atoms with Gasteiger partial charge in [-0.15, -0.1) is 0 Å². The predicted octanol–water partition coefficient (Wildman–Crippen LogP) is 2.73. The zero-order chi connectivity index (χ0) is 15.9. The summed E-state index contributed by atoms with van der Waals surface area (Å²) >= 11 is 5.99. The molecule has 1 aromatic heterocycles. The van der Waals surface area contributed by atoms with Crippen molar-refractivity contribution in [2.24, 2.45) is 11.7 Å². The molecule has 1 aromatic carbocycles. The largest absolute Gasteiger partial charge is 0.451 e. The number of furan rings is 1. The molecule has 6 heteroatoms. The van der Waals surface area contributed by atoms with Crippen LogP contribution in [0.1, 0.15) is 29.0 Å². The van der Waals surface area contributed by atoms with Crippen LogP contribution in [0, 0.1) is 12.8 Å². The second-order valence-corrected chi connectivity index (χ2v) is 6.13. The third-order valence-electron chi connectivity index (χ3n) is 4.20. The van der Waals surface area contributed by atoms with Gasteiger partial charge in [-0.2, -0.15) is 0 Å². The minimum absolute atomic E-state index is 0.198. The summed E-state index contributed by atoms with van der Waals surface area (Å²) in [6, 6.07) is 5.27. The highest BCUT2D eigenvalue weighted by atomic mass is 35.5. The number of likely N-dealkylation sites (tertiary alicyclic amines) is 1. The molecule has 2 aromatic rings. The topological polar surface area (TPSA) is 76.5 Å². The van der Waals surface area contributed by atoms with Crippen molar-refractivity contribution in [1.29, 1.82) is 0 Å². The molecule has 1 saturated heterocycles. The van der Waals surface area contributed by atoms with Gasteiger partial charge in [-0.05, 0) is 38.0 Å². The number of piperidine rings is 1. The number of aryl methyl sites for hydroxylation is 1. The summed E-state index contributed by atoms with van der Waals surface area (Å²) in [4.78, 5) is 25.7. The van der Waals surface area contributed by atoms with Crippen LogP contribution in [0.15, 0.2) is 22.6 Å². The lowest BCUT2D eigenvalue weighted by Crippen LogP contribution is -2.44. The smallest absolute Gasteiger partial charge is 0.289 e. The maximum Gasteiger partial charge on any atom is 0.289 e. The van der Waals surface area contributed by atoms with Crippen molar-refractivity contribution in [2.45, 2.75) is 19.8 Å². The van der Waals surface area contributed by atoms with Gasteiger partial charge in [-0.25, -0.2) is 0 Å². The van der Waals surface area contributed by atoms with Gasteiger partial charge in [0.05, 0.1) is 5.92 Å². The van der Waals surface area contributed by atoms with Crippen molar-refractivity contribution in [3.63, 3.8) is 0 Å². The fraction of sp³-hybridized carbons (Fsp3) is 0.375. The number of fused-ring (bicyclic) bond motifs is 1. The van der Waals surface area contributed by atoms with E-state index in [1.165, 1.54) is 0 Å². The minimum atomic E-state index is -0.356. The van der Waals surface area contributed by atoms with E-state index in [0.717, 1.165) is 23.8 Å². The van der Waals surface area contributed by atoms with Gasteiger partial charge in [0.15, 0.2) is 5.76 Å². The van der Waals surface area contributed by atoms with E-state index in [1.807, 2.05) is 6.92 Å². The average Bonchev–Trinajstić information content (AvgIpc) is 2.83. The Balaban J connectivity index is 1.92. The number of carbonyl (C=O) groups is 2. The number of hydrogen-bond acceptors (Lipinski definition) is 3. The van der Waals surface area contributed by atoms with Crippen LogP contribution < -0.4 is 5.73 Å². The predicted molar refractivity (Wildman–Crippen MR) is 83.8 cm³/mol. The molecule has 5 nitrogen and oxygen atoms in total. The Bertz CT molecular complexity index is 753. The van der Waals surface area contributed by atoms with Crippen LogP contribution in [-0.4, -0.2) is 29.8 Å².